The maximum Gasteiger partial charge on any atom is 0.142 e. The van der Waals surface area contributed by atoms with Crippen LogP contribution in [0.15, 0.2) is 47.4 Å². The van der Waals surface area contributed by atoms with Gasteiger partial charge in [0.25, 0.3) is 0 Å². The van der Waals surface area contributed by atoms with Crippen molar-refractivity contribution in [2.75, 3.05) is 24.3 Å². The molecule has 2 aromatic carbocycles. The number of rotatable bonds is 3. The van der Waals surface area contributed by atoms with Gasteiger partial charge in [-0.1, -0.05) is 18.2 Å². The Hall–Kier alpha value is -1.65. The maximum absolute atomic E-state index is 6.02. The Morgan fingerprint density at radius 3 is 2.76 bits per heavy atom. The summed E-state index contributed by atoms with van der Waals surface area (Å²) in [6.45, 7) is 2.25. The Labute approximate surface area is 130 Å². The lowest BCUT2D eigenvalue weighted by Crippen LogP contribution is -2.20. The first-order valence-corrected chi connectivity index (χ1v) is 8.43. The summed E-state index contributed by atoms with van der Waals surface area (Å²) in [6.07, 6.45) is 3.10. The predicted molar refractivity (Wildman–Crippen MR) is 89.7 cm³/mol. The molecular weight excluding hydrogens is 280 g/mol. The number of thioether (sulfide) groups is 1. The Bertz CT molecular complexity index is 630. The van der Waals surface area contributed by atoms with Crippen molar-refractivity contribution >= 4 is 23.1 Å². The lowest BCUT2D eigenvalue weighted by Gasteiger charge is -2.27. The van der Waals surface area contributed by atoms with E-state index in [4.69, 9.17) is 10.5 Å². The van der Waals surface area contributed by atoms with Gasteiger partial charge in [-0.25, -0.2) is 0 Å². The number of fused-ring (bicyclic) bond motifs is 1. The van der Waals surface area contributed by atoms with Gasteiger partial charge in [0.2, 0.25) is 0 Å². The fourth-order valence-electron chi connectivity index (χ4n) is 2.78. The van der Waals surface area contributed by atoms with E-state index in [-0.39, 0.29) is 0 Å². The van der Waals surface area contributed by atoms with E-state index in [0.29, 0.717) is 6.54 Å². The largest absolute Gasteiger partial charge is 0.491 e. The molecule has 1 aliphatic rings. The number of anilines is 2. The summed E-state index contributed by atoms with van der Waals surface area (Å²) < 4.78 is 5.85. The molecule has 2 aromatic rings. The molecule has 0 radical (unpaired) electrons. The highest BCUT2D eigenvalue weighted by Crippen LogP contribution is 2.39. The average molecular weight is 300 g/mol. The van der Waals surface area contributed by atoms with Crippen LogP contribution >= 0.6 is 11.8 Å². The van der Waals surface area contributed by atoms with Gasteiger partial charge in [-0.15, -0.1) is 11.8 Å². The zero-order chi connectivity index (χ0) is 14.7. The van der Waals surface area contributed by atoms with E-state index in [1.54, 1.807) is 11.8 Å². The van der Waals surface area contributed by atoms with Crippen molar-refractivity contribution < 1.29 is 4.74 Å². The number of para-hydroxylation sites is 2. The summed E-state index contributed by atoms with van der Waals surface area (Å²) in [5.74, 6) is 0.951. The first kappa shape index (κ1) is 14.3. The lowest BCUT2D eigenvalue weighted by atomic mass is 10.1. The number of benzene rings is 2. The van der Waals surface area contributed by atoms with Crippen LogP contribution in [0.4, 0.5) is 11.4 Å². The molecule has 4 heteroatoms. The summed E-state index contributed by atoms with van der Waals surface area (Å²) in [5, 5.41) is 0. The van der Waals surface area contributed by atoms with Crippen molar-refractivity contribution in [1.29, 1.82) is 0 Å². The Morgan fingerprint density at radius 1 is 1.14 bits per heavy atom. The molecule has 0 amide bonds. The van der Waals surface area contributed by atoms with Crippen molar-refractivity contribution in [3.8, 4) is 5.75 Å². The molecule has 0 atom stereocenters. The molecule has 0 aliphatic carbocycles. The molecule has 1 aliphatic heterocycles. The molecule has 0 spiro atoms. The Kier molecular flexibility index (Phi) is 4.36. The maximum atomic E-state index is 6.02. The molecule has 110 valence electrons. The highest BCUT2D eigenvalue weighted by atomic mass is 32.2. The molecule has 21 heavy (non-hydrogen) atoms. The normalized spacial score (nSPS) is 14.3. The van der Waals surface area contributed by atoms with Crippen LogP contribution in [0.3, 0.4) is 0 Å². The second-order valence-electron chi connectivity index (χ2n) is 4.98. The molecule has 3 rings (SSSR count). The molecule has 0 bridgehead atoms. The first-order chi connectivity index (χ1) is 10.3. The third-order valence-corrected chi connectivity index (χ3v) is 4.59. The highest BCUT2D eigenvalue weighted by Gasteiger charge is 2.20. The summed E-state index contributed by atoms with van der Waals surface area (Å²) in [5.41, 5.74) is 9.56. The van der Waals surface area contributed by atoms with Gasteiger partial charge >= 0.3 is 0 Å². The van der Waals surface area contributed by atoms with Crippen molar-refractivity contribution in [3.63, 3.8) is 0 Å². The van der Waals surface area contributed by atoms with Crippen LogP contribution in [-0.2, 0) is 6.54 Å². The van der Waals surface area contributed by atoms with Gasteiger partial charge in [-0.05, 0) is 36.9 Å². The second-order valence-corrected chi connectivity index (χ2v) is 5.83. The molecule has 0 saturated carbocycles. The summed E-state index contributed by atoms with van der Waals surface area (Å²) in [4.78, 5) is 3.59. The van der Waals surface area contributed by atoms with E-state index >= 15 is 0 Å². The molecule has 2 N–H and O–H groups in total. The number of nitrogens with two attached hydrogens (primary N) is 1. The molecule has 0 fully saturated rings. The minimum atomic E-state index is 0.547. The first-order valence-electron chi connectivity index (χ1n) is 7.20. The zero-order valence-corrected chi connectivity index (χ0v) is 13.0. The Morgan fingerprint density at radius 2 is 1.95 bits per heavy atom. The molecule has 0 saturated heterocycles. The summed E-state index contributed by atoms with van der Waals surface area (Å²) in [7, 11) is 0. The quantitative estimate of drug-likeness (QED) is 0.875. The standard InChI is InChI=1S/C17H20N2OS/c1-21-17-9-4-7-14(13(17)12-18)19-10-5-11-20-16-8-3-2-6-15(16)19/h2-4,6-9H,5,10-12,18H2,1H3. The van der Waals surface area contributed by atoms with Crippen LogP contribution < -0.4 is 15.4 Å². The number of ether oxygens (including phenoxy) is 1. The van der Waals surface area contributed by atoms with Crippen LogP contribution in [0.1, 0.15) is 12.0 Å². The van der Waals surface area contributed by atoms with Crippen LogP contribution in [0, 0.1) is 0 Å². The van der Waals surface area contributed by atoms with E-state index in [0.717, 1.165) is 31.0 Å². The lowest BCUT2D eigenvalue weighted by molar-refractivity contribution is 0.322. The fourth-order valence-corrected chi connectivity index (χ4v) is 3.43. The average Bonchev–Trinajstić information content (AvgIpc) is 2.76. The third kappa shape index (κ3) is 2.74. The van der Waals surface area contributed by atoms with E-state index in [1.165, 1.54) is 16.1 Å². The number of hydrogen-bond donors (Lipinski definition) is 1. The van der Waals surface area contributed by atoms with Crippen molar-refractivity contribution in [2.45, 2.75) is 17.9 Å². The zero-order valence-electron chi connectivity index (χ0n) is 12.2. The van der Waals surface area contributed by atoms with Crippen LogP contribution in [-0.4, -0.2) is 19.4 Å². The molecule has 1 heterocycles. The van der Waals surface area contributed by atoms with Crippen molar-refractivity contribution in [3.05, 3.63) is 48.0 Å². The van der Waals surface area contributed by atoms with Crippen LogP contribution in [0.5, 0.6) is 5.75 Å². The van der Waals surface area contributed by atoms with Gasteiger partial charge in [-0.3, -0.25) is 0 Å². The van der Waals surface area contributed by atoms with E-state index in [9.17, 15) is 0 Å². The molecule has 0 aromatic heterocycles. The van der Waals surface area contributed by atoms with Gasteiger partial charge in [-0.2, -0.15) is 0 Å². The number of hydrogen-bond acceptors (Lipinski definition) is 4. The predicted octanol–water partition coefficient (Wildman–Crippen LogP) is 3.79. The van der Waals surface area contributed by atoms with Gasteiger partial charge < -0.3 is 15.4 Å². The minimum Gasteiger partial charge on any atom is -0.491 e. The monoisotopic (exact) mass is 300 g/mol. The number of nitrogens with zero attached hydrogens (tertiary/aromatic N) is 1. The summed E-state index contributed by atoms with van der Waals surface area (Å²) in [6, 6.07) is 14.6. The van der Waals surface area contributed by atoms with Gasteiger partial charge in [0.05, 0.1) is 12.3 Å². The smallest absolute Gasteiger partial charge is 0.142 e. The molecule has 0 unspecified atom stereocenters. The summed E-state index contributed by atoms with van der Waals surface area (Å²) >= 11 is 1.75. The van der Waals surface area contributed by atoms with E-state index < -0.39 is 0 Å². The van der Waals surface area contributed by atoms with Crippen LogP contribution in [0.2, 0.25) is 0 Å². The third-order valence-electron chi connectivity index (χ3n) is 3.76. The van der Waals surface area contributed by atoms with Gasteiger partial charge in [0, 0.05) is 29.2 Å². The van der Waals surface area contributed by atoms with E-state index in [2.05, 4.69) is 41.5 Å². The topological polar surface area (TPSA) is 38.5 Å². The Balaban J connectivity index is 2.12. The van der Waals surface area contributed by atoms with Gasteiger partial charge in [0.15, 0.2) is 0 Å². The minimum absolute atomic E-state index is 0.547. The van der Waals surface area contributed by atoms with Crippen LogP contribution in [0.25, 0.3) is 0 Å². The van der Waals surface area contributed by atoms with E-state index in [1.807, 2.05) is 12.1 Å². The molecular formula is C17H20N2OS. The fraction of sp³-hybridized carbons (Fsp3) is 0.294. The molecule has 3 nitrogen and oxygen atoms in total. The SMILES string of the molecule is CSc1cccc(N2CCCOc3ccccc32)c1CN. The van der Waals surface area contributed by atoms with Crippen molar-refractivity contribution in [2.24, 2.45) is 5.73 Å². The highest BCUT2D eigenvalue weighted by molar-refractivity contribution is 7.98. The second kappa shape index (κ2) is 6.41. The van der Waals surface area contributed by atoms with Gasteiger partial charge in [0.1, 0.15) is 5.75 Å². The van der Waals surface area contributed by atoms with Crippen molar-refractivity contribution in [1.82, 2.24) is 0 Å².